The first kappa shape index (κ1) is 21.7. The van der Waals surface area contributed by atoms with Crippen LogP contribution in [0.5, 0.6) is 0 Å². The monoisotopic (exact) mass is 422 g/mol. The lowest BCUT2D eigenvalue weighted by atomic mass is 9.97. The molecule has 3 aromatic rings. The third-order valence-corrected chi connectivity index (χ3v) is 4.82. The number of rotatable bonds is 9. The number of aryl methyl sites for hydroxylation is 3. The summed E-state index contributed by atoms with van der Waals surface area (Å²) < 4.78 is 1.88. The first-order chi connectivity index (χ1) is 14.8. The SMILES string of the molecule is Cc1cc(C)n(CCCNc2ccc(C(=O)c3ccccc3C(=O)O)cc2[N+](=O)[O-])n1. The smallest absolute Gasteiger partial charge is 0.336 e. The summed E-state index contributed by atoms with van der Waals surface area (Å²) in [4.78, 5) is 35.2. The van der Waals surface area contributed by atoms with Gasteiger partial charge in [0.2, 0.25) is 0 Å². The van der Waals surface area contributed by atoms with Gasteiger partial charge >= 0.3 is 5.97 Å². The molecule has 0 aliphatic carbocycles. The van der Waals surface area contributed by atoms with Crippen molar-refractivity contribution in [3.05, 3.63) is 86.7 Å². The number of nitrogens with zero attached hydrogens (tertiary/aromatic N) is 3. The number of nitrogens with one attached hydrogen (secondary N) is 1. The van der Waals surface area contributed by atoms with Crippen molar-refractivity contribution < 1.29 is 19.6 Å². The number of carboxylic acid groups (broad SMARTS) is 1. The fourth-order valence-corrected chi connectivity index (χ4v) is 3.35. The third-order valence-electron chi connectivity index (χ3n) is 4.82. The molecule has 0 amide bonds. The number of ketones is 1. The predicted octanol–water partition coefficient (Wildman–Crippen LogP) is 3.84. The summed E-state index contributed by atoms with van der Waals surface area (Å²) in [7, 11) is 0. The quantitative estimate of drug-likeness (QED) is 0.232. The second-order valence-electron chi connectivity index (χ2n) is 7.10. The molecule has 0 spiro atoms. The van der Waals surface area contributed by atoms with E-state index >= 15 is 0 Å². The van der Waals surface area contributed by atoms with Gasteiger partial charge in [-0.2, -0.15) is 5.10 Å². The molecule has 0 bridgehead atoms. The Morgan fingerprint density at radius 3 is 2.45 bits per heavy atom. The summed E-state index contributed by atoms with van der Waals surface area (Å²) in [6, 6.07) is 11.9. The maximum Gasteiger partial charge on any atom is 0.336 e. The number of anilines is 1. The summed E-state index contributed by atoms with van der Waals surface area (Å²) in [5.41, 5.74) is 1.91. The molecule has 1 aromatic heterocycles. The zero-order valence-electron chi connectivity index (χ0n) is 17.2. The van der Waals surface area contributed by atoms with Crippen LogP contribution in [0.1, 0.15) is 44.1 Å². The molecule has 9 nitrogen and oxygen atoms in total. The highest BCUT2D eigenvalue weighted by atomic mass is 16.6. The largest absolute Gasteiger partial charge is 0.478 e. The number of aromatic carboxylic acids is 1. The van der Waals surface area contributed by atoms with E-state index in [2.05, 4.69) is 10.4 Å². The average molecular weight is 422 g/mol. The molecule has 160 valence electrons. The summed E-state index contributed by atoms with van der Waals surface area (Å²) in [5.74, 6) is -1.82. The number of carboxylic acids is 1. The number of nitro benzene ring substituents is 1. The highest BCUT2D eigenvalue weighted by Crippen LogP contribution is 2.27. The van der Waals surface area contributed by atoms with E-state index in [0.717, 1.165) is 11.4 Å². The Morgan fingerprint density at radius 2 is 1.84 bits per heavy atom. The third kappa shape index (κ3) is 4.95. The molecule has 2 aromatic carbocycles. The van der Waals surface area contributed by atoms with E-state index < -0.39 is 16.7 Å². The van der Waals surface area contributed by atoms with E-state index in [1.165, 1.54) is 36.4 Å². The fraction of sp³-hybridized carbons (Fsp3) is 0.227. The Hall–Kier alpha value is -4.01. The molecule has 1 heterocycles. The minimum absolute atomic E-state index is 0.0186. The van der Waals surface area contributed by atoms with E-state index in [0.29, 0.717) is 25.2 Å². The van der Waals surface area contributed by atoms with Crippen molar-refractivity contribution in [1.29, 1.82) is 0 Å². The molecule has 0 atom stereocenters. The van der Waals surface area contributed by atoms with Crippen molar-refractivity contribution >= 4 is 23.1 Å². The summed E-state index contributed by atoms with van der Waals surface area (Å²) >= 11 is 0. The highest BCUT2D eigenvalue weighted by molar-refractivity contribution is 6.14. The van der Waals surface area contributed by atoms with E-state index in [1.807, 2.05) is 24.6 Å². The van der Waals surface area contributed by atoms with Crippen LogP contribution in [0.15, 0.2) is 48.5 Å². The fourth-order valence-electron chi connectivity index (χ4n) is 3.35. The Morgan fingerprint density at radius 1 is 1.13 bits per heavy atom. The lowest BCUT2D eigenvalue weighted by Crippen LogP contribution is -2.12. The predicted molar refractivity (Wildman–Crippen MR) is 115 cm³/mol. The van der Waals surface area contributed by atoms with Crippen LogP contribution in [0.3, 0.4) is 0 Å². The average Bonchev–Trinajstić information content (AvgIpc) is 3.07. The Balaban J connectivity index is 1.75. The van der Waals surface area contributed by atoms with Crippen molar-refractivity contribution in [2.75, 3.05) is 11.9 Å². The van der Waals surface area contributed by atoms with Crippen LogP contribution < -0.4 is 5.32 Å². The van der Waals surface area contributed by atoms with Crippen LogP contribution in [-0.2, 0) is 6.54 Å². The normalized spacial score (nSPS) is 10.6. The van der Waals surface area contributed by atoms with Crippen LogP contribution >= 0.6 is 0 Å². The van der Waals surface area contributed by atoms with Crippen molar-refractivity contribution in [3.63, 3.8) is 0 Å². The van der Waals surface area contributed by atoms with Crippen molar-refractivity contribution in [2.45, 2.75) is 26.8 Å². The topological polar surface area (TPSA) is 127 Å². The Kier molecular flexibility index (Phi) is 6.44. The number of carbonyl (C=O) groups is 2. The first-order valence-corrected chi connectivity index (χ1v) is 9.68. The van der Waals surface area contributed by atoms with Gasteiger partial charge in [0.25, 0.3) is 5.69 Å². The van der Waals surface area contributed by atoms with Gasteiger partial charge in [-0.15, -0.1) is 0 Å². The Bertz CT molecular complexity index is 1150. The van der Waals surface area contributed by atoms with Crippen molar-refractivity contribution in [1.82, 2.24) is 9.78 Å². The first-order valence-electron chi connectivity index (χ1n) is 9.68. The van der Waals surface area contributed by atoms with Crippen molar-refractivity contribution in [2.24, 2.45) is 0 Å². The van der Waals surface area contributed by atoms with E-state index in [-0.39, 0.29) is 22.4 Å². The van der Waals surface area contributed by atoms with Crippen LogP contribution in [-0.4, -0.2) is 38.1 Å². The molecule has 3 rings (SSSR count). The Labute approximate surface area is 178 Å². The molecule has 0 saturated heterocycles. The van der Waals surface area contributed by atoms with Crippen molar-refractivity contribution in [3.8, 4) is 0 Å². The standard InChI is InChI=1S/C22H22N4O5/c1-14-12-15(2)25(24-14)11-5-10-23-19-9-8-16(13-20(19)26(30)31)21(27)17-6-3-4-7-18(17)22(28)29/h3-4,6-9,12-13,23H,5,10-11H2,1-2H3,(H,28,29). The molecular formula is C22H22N4O5. The van der Waals surface area contributed by atoms with Gasteiger partial charge in [-0.3, -0.25) is 19.6 Å². The van der Waals surface area contributed by atoms with Gasteiger partial charge in [-0.05, 0) is 44.5 Å². The minimum Gasteiger partial charge on any atom is -0.478 e. The number of carbonyl (C=O) groups excluding carboxylic acids is 1. The maximum absolute atomic E-state index is 12.8. The minimum atomic E-state index is -1.24. The van der Waals surface area contributed by atoms with E-state index in [9.17, 15) is 24.8 Å². The molecule has 0 saturated carbocycles. The molecule has 31 heavy (non-hydrogen) atoms. The molecule has 9 heteroatoms. The van der Waals surface area contributed by atoms with E-state index in [1.54, 1.807) is 6.07 Å². The van der Waals surface area contributed by atoms with E-state index in [4.69, 9.17) is 0 Å². The zero-order chi connectivity index (χ0) is 22.5. The van der Waals surface area contributed by atoms with Gasteiger partial charge < -0.3 is 10.4 Å². The van der Waals surface area contributed by atoms with Crippen LogP contribution in [0.25, 0.3) is 0 Å². The summed E-state index contributed by atoms with van der Waals surface area (Å²) in [6.45, 7) is 5.04. The molecule has 0 aliphatic heterocycles. The lowest BCUT2D eigenvalue weighted by molar-refractivity contribution is -0.384. The second-order valence-corrected chi connectivity index (χ2v) is 7.10. The second kappa shape index (κ2) is 9.21. The number of benzene rings is 2. The molecule has 0 radical (unpaired) electrons. The molecule has 2 N–H and O–H groups in total. The zero-order valence-corrected chi connectivity index (χ0v) is 17.2. The van der Waals surface area contributed by atoms with Gasteiger partial charge in [0, 0.05) is 36.0 Å². The number of hydrogen-bond donors (Lipinski definition) is 2. The van der Waals surface area contributed by atoms with Crippen LogP contribution in [0.4, 0.5) is 11.4 Å². The molecule has 0 unspecified atom stereocenters. The summed E-state index contributed by atoms with van der Waals surface area (Å²) in [5, 5.41) is 28.3. The molecule has 0 fully saturated rings. The van der Waals surface area contributed by atoms with Crippen LogP contribution in [0.2, 0.25) is 0 Å². The van der Waals surface area contributed by atoms with Gasteiger partial charge in [0.1, 0.15) is 5.69 Å². The highest BCUT2D eigenvalue weighted by Gasteiger charge is 2.21. The maximum atomic E-state index is 12.8. The summed E-state index contributed by atoms with van der Waals surface area (Å²) in [6.07, 6.45) is 0.700. The molecular weight excluding hydrogens is 400 g/mol. The van der Waals surface area contributed by atoms with Gasteiger partial charge in [-0.1, -0.05) is 18.2 Å². The number of hydrogen-bond acceptors (Lipinski definition) is 6. The van der Waals surface area contributed by atoms with Gasteiger partial charge in [0.05, 0.1) is 16.2 Å². The number of nitro groups is 1. The molecule has 0 aliphatic rings. The van der Waals surface area contributed by atoms with Crippen LogP contribution in [0, 0.1) is 24.0 Å². The lowest BCUT2D eigenvalue weighted by Gasteiger charge is -2.10. The van der Waals surface area contributed by atoms with Gasteiger partial charge in [-0.25, -0.2) is 4.79 Å². The number of aromatic nitrogens is 2. The van der Waals surface area contributed by atoms with Gasteiger partial charge in [0.15, 0.2) is 5.78 Å².